The highest BCUT2D eigenvalue weighted by Crippen LogP contribution is 2.19. The minimum atomic E-state index is 0.0949. The molecule has 0 radical (unpaired) electrons. The molecule has 0 aromatic rings. The molecule has 0 N–H and O–H groups in total. The van der Waals surface area contributed by atoms with E-state index in [2.05, 4.69) is 0 Å². The molecule has 2 nitrogen and oxygen atoms in total. The van der Waals surface area contributed by atoms with Crippen molar-refractivity contribution in [2.45, 2.75) is 10.6 Å². The van der Waals surface area contributed by atoms with Gasteiger partial charge in [0.1, 0.15) is 6.79 Å². The number of rotatable bonds is 1. The third kappa shape index (κ3) is 2.31. The largest absolute Gasteiger partial charge is 0.354 e. The summed E-state index contributed by atoms with van der Waals surface area (Å²) in [5, 5.41) is 0.474. The lowest BCUT2D eigenvalue weighted by Gasteiger charge is -2.14. The van der Waals surface area contributed by atoms with E-state index < -0.39 is 0 Å². The summed E-state index contributed by atoms with van der Waals surface area (Å²) in [4.78, 5) is 0. The maximum atomic E-state index is 5.96. The van der Waals surface area contributed by atoms with E-state index in [-0.39, 0.29) is 5.38 Å². The molecule has 1 rings (SSSR count). The van der Waals surface area contributed by atoms with Gasteiger partial charge in [0.25, 0.3) is 0 Å². The SMILES string of the molecule is CSC1COCOCC1Cl. The summed E-state index contributed by atoms with van der Waals surface area (Å²) in [6, 6.07) is 0. The zero-order valence-corrected chi connectivity index (χ0v) is 7.45. The molecule has 0 aromatic heterocycles. The predicted molar refractivity (Wildman–Crippen MR) is 43.7 cm³/mol. The van der Waals surface area contributed by atoms with Gasteiger partial charge >= 0.3 is 0 Å². The van der Waals surface area contributed by atoms with Gasteiger partial charge in [-0.1, -0.05) is 0 Å². The first-order chi connectivity index (χ1) is 4.84. The van der Waals surface area contributed by atoms with Gasteiger partial charge < -0.3 is 9.47 Å². The van der Waals surface area contributed by atoms with Crippen LogP contribution in [0.3, 0.4) is 0 Å². The van der Waals surface area contributed by atoms with E-state index in [4.69, 9.17) is 21.1 Å². The second-order valence-electron chi connectivity index (χ2n) is 2.15. The number of ether oxygens (including phenoxy) is 2. The zero-order chi connectivity index (χ0) is 7.40. The van der Waals surface area contributed by atoms with Crippen LogP contribution >= 0.6 is 23.4 Å². The van der Waals surface area contributed by atoms with Gasteiger partial charge in [-0.25, -0.2) is 0 Å². The van der Waals surface area contributed by atoms with E-state index in [1.165, 1.54) is 0 Å². The molecule has 1 fully saturated rings. The zero-order valence-electron chi connectivity index (χ0n) is 5.88. The maximum absolute atomic E-state index is 5.96. The lowest BCUT2D eigenvalue weighted by molar-refractivity contribution is -0.0311. The highest BCUT2D eigenvalue weighted by molar-refractivity contribution is 7.99. The van der Waals surface area contributed by atoms with Crippen LogP contribution in [-0.2, 0) is 9.47 Å². The number of halogens is 1. The number of alkyl halides is 1. The van der Waals surface area contributed by atoms with Gasteiger partial charge in [-0.15, -0.1) is 11.6 Å². The topological polar surface area (TPSA) is 18.5 Å². The first-order valence-corrected chi connectivity index (χ1v) is 4.89. The molecule has 10 heavy (non-hydrogen) atoms. The van der Waals surface area contributed by atoms with Crippen molar-refractivity contribution in [3.05, 3.63) is 0 Å². The van der Waals surface area contributed by atoms with Gasteiger partial charge in [0, 0.05) is 5.25 Å². The van der Waals surface area contributed by atoms with Gasteiger partial charge in [-0.3, -0.25) is 0 Å². The monoisotopic (exact) mass is 182 g/mol. The van der Waals surface area contributed by atoms with Crippen molar-refractivity contribution in [2.75, 3.05) is 26.3 Å². The number of hydrogen-bond donors (Lipinski definition) is 0. The Morgan fingerprint density at radius 3 is 2.80 bits per heavy atom. The average Bonchev–Trinajstić information content (AvgIpc) is 2.13. The molecule has 2 atom stereocenters. The molecule has 0 spiro atoms. The smallest absolute Gasteiger partial charge is 0.146 e. The van der Waals surface area contributed by atoms with Gasteiger partial charge in [0.15, 0.2) is 0 Å². The number of thioether (sulfide) groups is 1. The van der Waals surface area contributed by atoms with Gasteiger partial charge in [0.2, 0.25) is 0 Å². The van der Waals surface area contributed by atoms with Crippen LogP contribution in [0.4, 0.5) is 0 Å². The first-order valence-electron chi connectivity index (χ1n) is 3.17. The van der Waals surface area contributed by atoms with Crippen LogP contribution in [0.2, 0.25) is 0 Å². The summed E-state index contributed by atoms with van der Waals surface area (Å²) in [7, 11) is 0. The molecule has 0 aliphatic carbocycles. The Labute approximate surface area is 70.2 Å². The van der Waals surface area contributed by atoms with Crippen molar-refractivity contribution in [1.82, 2.24) is 0 Å². The summed E-state index contributed by atoms with van der Waals surface area (Å²) in [6.45, 7) is 1.70. The molecule has 60 valence electrons. The average molecular weight is 183 g/mol. The Morgan fingerprint density at radius 1 is 1.40 bits per heavy atom. The van der Waals surface area contributed by atoms with Crippen LogP contribution in [0.25, 0.3) is 0 Å². The van der Waals surface area contributed by atoms with Crippen molar-refractivity contribution < 1.29 is 9.47 Å². The van der Waals surface area contributed by atoms with E-state index in [0.29, 0.717) is 25.3 Å². The lowest BCUT2D eigenvalue weighted by atomic mass is 10.3. The van der Waals surface area contributed by atoms with Crippen LogP contribution in [-0.4, -0.2) is 36.9 Å². The normalized spacial score (nSPS) is 35.4. The molecular weight excluding hydrogens is 172 g/mol. The Balaban J connectivity index is 2.35. The van der Waals surface area contributed by atoms with Gasteiger partial charge in [-0.2, -0.15) is 11.8 Å². The van der Waals surface area contributed by atoms with E-state index in [0.717, 1.165) is 0 Å². The second-order valence-corrected chi connectivity index (χ2v) is 3.79. The van der Waals surface area contributed by atoms with Crippen molar-refractivity contribution in [1.29, 1.82) is 0 Å². The summed E-state index contributed by atoms with van der Waals surface area (Å²) in [5.41, 5.74) is 0. The number of hydrogen-bond acceptors (Lipinski definition) is 3. The highest BCUT2D eigenvalue weighted by atomic mass is 35.5. The van der Waals surface area contributed by atoms with Crippen LogP contribution in [0.15, 0.2) is 0 Å². The van der Waals surface area contributed by atoms with Crippen molar-refractivity contribution in [3.63, 3.8) is 0 Å². The molecule has 0 bridgehead atoms. The Bertz CT molecular complexity index is 102. The first kappa shape index (κ1) is 8.65. The molecule has 1 aliphatic heterocycles. The molecule has 0 saturated carbocycles. The molecule has 4 heteroatoms. The minimum Gasteiger partial charge on any atom is -0.354 e. The van der Waals surface area contributed by atoms with Gasteiger partial charge in [0.05, 0.1) is 18.6 Å². The van der Waals surface area contributed by atoms with Crippen molar-refractivity contribution in [3.8, 4) is 0 Å². The van der Waals surface area contributed by atoms with Crippen LogP contribution in [0, 0.1) is 0 Å². The van der Waals surface area contributed by atoms with E-state index in [9.17, 15) is 0 Å². The van der Waals surface area contributed by atoms with Gasteiger partial charge in [-0.05, 0) is 6.26 Å². The lowest BCUT2D eigenvalue weighted by Crippen LogP contribution is -2.23. The minimum absolute atomic E-state index is 0.0949. The summed E-state index contributed by atoms with van der Waals surface area (Å²) in [5.74, 6) is 0. The Morgan fingerprint density at radius 2 is 2.10 bits per heavy atom. The van der Waals surface area contributed by atoms with Crippen molar-refractivity contribution >= 4 is 23.4 Å². The molecule has 1 aliphatic rings. The maximum Gasteiger partial charge on any atom is 0.146 e. The Hall–Kier alpha value is 0.560. The molecule has 1 saturated heterocycles. The molecule has 1 heterocycles. The molecular formula is C6H11ClO2S. The van der Waals surface area contributed by atoms with Crippen LogP contribution in [0.1, 0.15) is 0 Å². The fraction of sp³-hybridized carbons (Fsp3) is 1.00. The predicted octanol–water partition coefficient (Wildman–Crippen LogP) is 1.33. The summed E-state index contributed by atoms with van der Waals surface area (Å²) >= 11 is 7.69. The Kier molecular flexibility index (Phi) is 3.84. The fourth-order valence-corrected chi connectivity index (χ4v) is 1.89. The highest BCUT2D eigenvalue weighted by Gasteiger charge is 2.21. The van der Waals surface area contributed by atoms with E-state index in [1.54, 1.807) is 11.8 Å². The quantitative estimate of drug-likeness (QED) is 0.571. The van der Waals surface area contributed by atoms with Crippen LogP contribution < -0.4 is 0 Å². The van der Waals surface area contributed by atoms with E-state index in [1.807, 2.05) is 6.26 Å². The summed E-state index contributed by atoms with van der Waals surface area (Å²) in [6.07, 6.45) is 2.04. The molecule has 0 aromatic carbocycles. The third-order valence-corrected chi connectivity index (χ3v) is 3.08. The molecule has 2 unspecified atom stereocenters. The van der Waals surface area contributed by atoms with Crippen molar-refractivity contribution in [2.24, 2.45) is 0 Å². The van der Waals surface area contributed by atoms with E-state index >= 15 is 0 Å². The fourth-order valence-electron chi connectivity index (χ4n) is 0.811. The third-order valence-electron chi connectivity index (χ3n) is 1.43. The molecule has 0 amide bonds. The summed E-state index contributed by atoms with van der Waals surface area (Å²) < 4.78 is 10.2. The standard InChI is InChI=1S/C6H11ClO2S/c1-10-6-3-9-4-8-2-5(6)7/h5-6H,2-4H2,1H3. The second kappa shape index (κ2) is 4.44. The van der Waals surface area contributed by atoms with Crippen LogP contribution in [0.5, 0.6) is 0 Å².